The summed E-state index contributed by atoms with van der Waals surface area (Å²) in [6.45, 7) is 6.63. The molecule has 0 spiro atoms. The number of ether oxygens (including phenoxy) is 1. The number of carbonyl (C=O) groups is 2. The van der Waals surface area contributed by atoms with Crippen LogP contribution in [0.25, 0.3) is 11.0 Å². The largest absolute Gasteiger partial charge is 0.459 e. The number of para-hydroxylation sites is 2. The third-order valence-electron chi connectivity index (χ3n) is 4.38. The summed E-state index contributed by atoms with van der Waals surface area (Å²) in [5, 5.41) is 2.91. The van der Waals surface area contributed by atoms with Crippen LogP contribution in [0.1, 0.15) is 26.1 Å². The molecule has 0 aliphatic carbocycles. The topological polar surface area (TPSA) is 73.2 Å². The predicted molar refractivity (Wildman–Crippen MR) is 85.8 cm³/mol. The first-order chi connectivity index (χ1) is 10.9. The Morgan fingerprint density at radius 3 is 2.87 bits per heavy atom. The maximum absolute atomic E-state index is 12.3. The summed E-state index contributed by atoms with van der Waals surface area (Å²) in [5.74, 6) is 0.0327. The fourth-order valence-electron chi connectivity index (χ4n) is 3.12. The van der Waals surface area contributed by atoms with Crippen LogP contribution >= 0.6 is 0 Å². The SMILES string of the molecule is Cc1nc2ccccc2n1CCNC(=O)[C@@H]1CC(=O)OC1(C)C. The van der Waals surface area contributed by atoms with Crippen molar-refractivity contribution in [3.63, 3.8) is 0 Å². The highest BCUT2D eigenvalue weighted by Crippen LogP contribution is 2.32. The summed E-state index contributed by atoms with van der Waals surface area (Å²) < 4.78 is 7.28. The van der Waals surface area contributed by atoms with Gasteiger partial charge in [-0.15, -0.1) is 0 Å². The van der Waals surface area contributed by atoms with Crippen LogP contribution in [0.15, 0.2) is 24.3 Å². The Hall–Kier alpha value is -2.37. The van der Waals surface area contributed by atoms with E-state index in [0.29, 0.717) is 13.1 Å². The summed E-state index contributed by atoms with van der Waals surface area (Å²) >= 11 is 0. The van der Waals surface area contributed by atoms with Crippen LogP contribution in [0.3, 0.4) is 0 Å². The van der Waals surface area contributed by atoms with Gasteiger partial charge in [0, 0.05) is 13.1 Å². The van der Waals surface area contributed by atoms with Gasteiger partial charge in [0.2, 0.25) is 5.91 Å². The summed E-state index contributed by atoms with van der Waals surface area (Å²) in [4.78, 5) is 28.2. The zero-order chi connectivity index (χ0) is 16.6. The Morgan fingerprint density at radius 2 is 2.17 bits per heavy atom. The monoisotopic (exact) mass is 315 g/mol. The van der Waals surface area contributed by atoms with Crippen LogP contribution in [0.2, 0.25) is 0 Å². The molecule has 0 radical (unpaired) electrons. The van der Waals surface area contributed by atoms with Crippen LogP contribution in [0, 0.1) is 12.8 Å². The van der Waals surface area contributed by atoms with Crippen molar-refractivity contribution in [2.24, 2.45) is 5.92 Å². The lowest BCUT2D eigenvalue weighted by Crippen LogP contribution is -2.41. The molecule has 6 heteroatoms. The van der Waals surface area contributed by atoms with Crippen LogP contribution in [0.4, 0.5) is 0 Å². The smallest absolute Gasteiger partial charge is 0.307 e. The predicted octanol–water partition coefficient (Wildman–Crippen LogP) is 1.80. The average Bonchev–Trinajstić information content (AvgIpc) is 2.94. The van der Waals surface area contributed by atoms with Crippen molar-refractivity contribution in [3.8, 4) is 0 Å². The molecule has 0 unspecified atom stereocenters. The quantitative estimate of drug-likeness (QED) is 0.873. The molecule has 1 aliphatic rings. The minimum absolute atomic E-state index is 0.136. The number of esters is 1. The summed E-state index contributed by atoms with van der Waals surface area (Å²) in [6.07, 6.45) is 0.145. The van der Waals surface area contributed by atoms with E-state index in [-0.39, 0.29) is 18.3 Å². The van der Waals surface area contributed by atoms with Gasteiger partial charge in [-0.2, -0.15) is 0 Å². The number of hydrogen-bond acceptors (Lipinski definition) is 4. The Kier molecular flexibility index (Phi) is 3.83. The number of amides is 1. The number of nitrogens with zero attached hydrogens (tertiary/aromatic N) is 2. The van der Waals surface area contributed by atoms with Gasteiger partial charge in [-0.25, -0.2) is 4.98 Å². The molecule has 2 aromatic rings. The second kappa shape index (κ2) is 5.68. The number of hydrogen-bond donors (Lipinski definition) is 1. The van der Waals surface area contributed by atoms with E-state index < -0.39 is 11.5 Å². The third kappa shape index (κ3) is 2.93. The number of cyclic esters (lactones) is 1. The van der Waals surface area contributed by atoms with Gasteiger partial charge in [0.15, 0.2) is 0 Å². The van der Waals surface area contributed by atoms with E-state index in [1.54, 1.807) is 13.8 Å². The molecule has 1 atom stereocenters. The van der Waals surface area contributed by atoms with Gasteiger partial charge in [-0.3, -0.25) is 9.59 Å². The molecular formula is C17H21N3O3. The molecule has 1 aliphatic heterocycles. The fourth-order valence-corrected chi connectivity index (χ4v) is 3.12. The van der Waals surface area contributed by atoms with Gasteiger partial charge in [0.05, 0.1) is 23.4 Å². The summed E-state index contributed by atoms with van der Waals surface area (Å²) in [5.41, 5.74) is 1.27. The van der Waals surface area contributed by atoms with Crippen LogP contribution in [-0.4, -0.2) is 33.6 Å². The lowest BCUT2D eigenvalue weighted by atomic mass is 9.90. The Balaban J connectivity index is 1.64. The van der Waals surface area contributed by atoms with Crippen LogP contribution < -0.4 is 5.32 Å². The highest BCUT2D eigenvalue weighted by atomic mass is 16.6. The number of nitrogens with one attached hydrogen (secondary N) is 1. The molecule has 122 valence electrons. The maximum Gasteiger partial charge on any atom is 0.307 e. The first-order valence-electron chi connectivity index (χ1n) is 7.80. The van der Waals surface area contributed by atoms with Crippen molar-refractivity contribution in [1.29, 1.82) is 0 Å². The van der Waals surface area contributed by atoms with Gasteiger partial charge < -0.3 is 14.6 Å². The van der Waals surface area contributed by atoms with E-state index in [2.05, 4.69) is 14.9 Å². The van der Waals surface area contributed by atoms with Crippen LogP contribution in [-0.2, 0) is 20.9 Å². The van der Waals surface area contributed by atoms with E-state index >= 15 is 0 Å². The van der Waals surface area contributed by atoms with Gasteiger partial charge in [-0.05, 0) is 32.9 Å². The Bertz CT molecular complexity index is 764. The standard InChI is InChI=1S/C17H21N3O3/c1-11-19-13-6-4-5-7-14(13)20(11)9-8-18-16(22)12-10-15(21)23-17(12,2)3/h4-7,12H,8-10H2,1-3H3,(H,18,22)/t12-/m0/s1. The van der Waals surface area contributed by atoms with Crippen molar-refractivity contribution in [3.05, 3.63) is 30.1 Å². The normalized spacial score (nSPS) is 19.8. The average molecular weight is 315 g/mol. The number of fused-ring (bicyclic) bond motifs is 1. The Morgan fingerprint density at radius 1 is 1.43 bits per heavy atom. The third-order valence-corrected chi connectivity index (χ3v) is 4.38. The van der Waals surface area contributed by atoms with Crippen molar-refractivity contribution in [2.75, 3.05) is 6.54 Å². The van der Waals surface area contributed by atoms with Crippen LogP contribution in [0.5, 0.6) is 0 Å². The minimum atomic E-state index is -0.737. The second-order valence-electron chi connectivity index (χ2n) is 6.42. The molecule has 1 amide bonds. The maximum atomic E-state index is 12.3. The number of rotatable bonds is 4. The molecule has 0 saturated carbocycles. The molecule has 1 fully saturated rings. The number of imidazole rings is 1. The number of benzene rings is 1. The first kappa shape index (κ1) is 15.5. The molecule has 2 heterocycles. The van der Waals surface area contributed by atoms with E-state index in [1.807, 2.05) is 31.2 Å². The van der Waals surface area contributed by atoms with Crippen molar-refractivity contribution in [1.82, 2.24) is 14.9 Å². The Labute approximate surface area is 134 Å². The van der Waals surface area contributed by atoms with E-state index in [0.717, 1.165) is 16.9 Å². The lowest BCUT2D eigenvalue weighted by molar-refractivity contribution is -0.147. The zero-order valence-corrected chi connectivity index (χ0v) is 13.6. The van der Waals surface area contributed by atoms with E-state index in [4.69, 9.17) is 4.74 Å². The van der Waals surface area contributed by atoms with Gasteiger partial charge >= 0.3 is 5.97 Å². The molecule has 1 aromatic carbocycles. The molecular weight excluding hydrogens is 294 g/mol. The molecule has 6 nitrogen and oxygen atoms in total. The highest BCUT2D eigenvalue weighted by molar-refractivity contribution is 5.87. The molecule has 1 N–H and O–H groups in total. The van der Waals surface area contributed by atoms with Crippen molar-refractivity contribution < 1.29 is 14.3 Å². The zero-order valence-electron chi connectivity index (χ0n) is 13.6. The summed E-state index contributed by atoms with van der Waals surface area (Å²) in [6, 6.07) is 7.92. The van der Waals surface area contributed by atoms with E-state index in [1.165, 1.54) is 0 Å². The fraction of sp³-hybridized carbons (Fsp3) is 0.471. The second-order valence-corrected chi connectivity index (χ2v) is 6.42. The molecule has 3 rings (SSSR count). The van der Waals surface area contributed by atoms with Gasteiger partial charge in [-0.1, -0.05) is 12.1 Å². The minimum Gasteiger partial charge on any atom is -0.459 e. The summed E-state index contributed by atoms with van der Waals surface area (Å²) in [7, 11) is 0. The first-order valence-corrected chi connectivity index (χ1v) is 7.80. The molecule has 1 aromatic heterocycles. The lowest BCUT2D eigenvalue weighted by Gasteiger charge is -2.23. The number of carbonyl (C=O) groups excluding carboxylic acids is 2. The molecule has 1 saturated heterocycles. The highest BCUT2D eigenvalue weighted by Gasteiger charge is 2.45. The van der Waals surface area contributed by atoms with Crippen molar-refractivity contribution >= 4 is 22.9 Å². The van der Waals surface area contributed by atoms with Gasteiger partial charge in [0.25, 0.3) is 0 Å². The van der Waals surface area contributed by atoms with E-state index in [9.17, 15) is 9.59 Å². The molecule has 23 heavy (non-hydrogen) atoms. The number of aromatic nitrogens is 2. The molecule has 0 bridgehead atoms. The van der Waals surface area contributed by atoms with Crippen molar-refractivity contribution in [2.45, 2.75) is 39.3 Å². The number of aryl methyl sites for hydroxylation is 1. The van der Waals surface area contributed by atoms with Gasteiger partial charge in [0.1, 0.15) is 11.4 Å².